The van der Waals surface area contributed by atoms with Crippen LogP contribution >= 0.6 is 0 Å². The molecular weight excluding hydrogens is 338 g/mol. The van der Waals surface area contributed by atoms with E-state index in [9.17, 15) is 4.79 Å². The van der Waals surface area contributed by atoms with Crippen LogP contribution in [0, 0.1) is 0 Å². The van der Waals surface area contributed by atoms with Gasteiger partial charge in [-0.3, -0.25) is 4.79 Å². The lowest BCUT2D eigenvalue weighted by Crippen LogP contribution is -2.23. The van der Waals surface area contributed by atoms with Crippen LogP contribution in [0.4, 0.5) is 0 Å². The highest BCUT2D eigenvalue weighted by Gasteiger charge is 2.08. The van der Waals surface area contributed by atoms with E-state index in [1.54, 1.807) is 12.4 Å². The van der Waals surface area contributed by atoms with Gasteiger partial charge in [-0.1, -0.05) is 55.8 Å². The molecule has 0 aliphatic rings. The fraction of sp³-hybridized carbons (Fsp3) is 0.227. The number of aromatic nitrogens is 2. The Morgan fingerprint density at radius 1 is 1.04 bits per heavy atom. The zero-order chi connectivity index (χ0) is 18.9. The molecular formula is C22H23N3O2. The zero-order valence-electron chi connectivity index (χ0n) is 15.4. The Kier molecular flexibility index (Phi) is 6.52. The maximum Gasteiger partial charge on any atom is 0.254 e. The Labute approximate surface area is 159 Å². The number of carbonyl (C=O) groups is 1. The van der Waals surface area contributed by atoms with Crippen molar-refractivity contribution in [1.29, 1.82) is 0 Å². The van der Waals surface area contributed by atoms with Gasteiger partial charge in [0.15, 0.2) is 5.82 Å². The second-order valence-electron chi connectivity index (χ2n) is 6.19. The molecule has 1 aromatic heterocycles. The minimum atomic E-state index is -0.202. The van der Waals surface area contributed by atoms with E-state index in [0.717, 1.165) is 29.7 Å². The summed E-state index contributed by atoms with van der Waals surface area (Å²) >= 11 is 0. The topological polar surface area (TPSA) is 64.1 Å². The number of ether oxygens (including phenoxy) is 1. The van der Waals surface area contributed by atoms with Crippen molar-refractivity contribution in [2.75, 3.05) is 6.61 Å². The summed E-state index contributed by atoms with van der Waals surface area (Å²) in [5, 5.41) is 2.89. The predicted octanol–water partition coefficient (Wildman–Crippen LogP) is 4.25. The summed E-state index contributed by atoms with van der Waals surface area (Å²) in [6.45, 7) is 3.26. The molecule has 0 aliphatic heterocycles. The van der Waals surface area contributed by atoms with Crippen LogP contribution in [0.3, 0.4) is 0 Å². The van der Waals surface area contributed by atoms with Gasteiger partial charge in [0, 0.05) is 24.5 Å². The molecule has 0 saturated heterocycles. The quantitative estimate of drug-likeness (QED) is 0.609. The number of nitrogens with one attached hydrogen (secondary N) is 1. The number of carbonyl (C=O) groups excluding carboxylic acids is 1. The molecule has 0 aliphatic carbocycles. The van der Waals surface area contributed by atoms with E-state index in [-0.39, 0.29) is 5.91 Å². The third-order valence-electron chi connectivity index (χ3n) is 4.06. The molecule has 0 spiro atoms. The van der Waals surface area contributed by atoms with E-state index in [1.165, 1.54) is 0 Å². The predicted molar refractivity (Wildman–Crippen MR) is 105 cm³/mol. The van der Waals surface area contributed by atoms with Crippen molar-refractivity contribution in [3.05, 3.63) is 78.1 Å². The van der Waals surface area contributed by atoms with Crippen molar-refractivity contribution in [1.82, 2.24) is 15.3 Å². The van der Waals surface area contributed by atoms with Crippen LogP contribution in [-0.4, -0.2) is 22.5 Å². The van der Waals surface area contributed by atoms with Crippen LogP contribution in [0.1, 0.15) is 35.7 Å². The molecule has 0 atom stereocenters. The van der Waals surface area contributed by atoms with Gasteiger partial charge in [-0.2, -0.15) is 0 Å². The van der Waals surface area contributed by atoms with Crippen molar-refractivity contribution < 1.29 is 9.53 Å². The van der Waals surface area contributed by atoms with Crippen molar-refractivity contribution in [2.24, 2.45) is 0 Å². The van der Waals surface area contributed by atoms with Crippen molar-refractivity contribution in [2.45, 2.75) is 26.3 Å². The number of hydrogen-bond donors (Lipinski definition) is 1. The van der Waals surface area contributed by atoms with Gasteiger partial charge in [0.25, 0.3) is 5.91 Å². The summed E-state index contributed by atoms with van der Waals surface area (Å²) in [6, 6.07) is 17.4. The molecule has 0 fully saturated rings. The fourth-order valence-corrected chi connectivity index (χ4v) is 2.55. The Morgan fingerprint density at radius 3 is 2.56 bits per heavy atom. The van der Waals surface area contributed by atoms with Gasteiger partial charge < -0.3 is 10.1 Å². The Balaban J connectivity index is 1.57. The largest absolute Gasteiger partial charge is 0.494 e. The molecule has 1 amide bonds. The third kappa shape index (κ3) is 5.38. The van der Waals surface area contributed by atoms with E-state index >= 15 is 0 Å². The first kappa shape index (κ1) is 18.6. The second kappa shape index (κ2) is 9.48. The lowest BCUT2D eigenvalue weighted by atomic mass is 10.2. The molecule has 3 aromatic rings. The minimum Gasteiger partial charge on any atom is -0.494 e. The zero-order valence-corrected chi connectivity index (χ0v) is 15.4. The van der Waals surface area contributed by atoms with Crippen LogP contribution in [0.5, 0.6) is 5.75 Å². The Hall–Kier alpha value is -3.21. The second-order valence-corrected chi connectivity index (χ2v) is 6.19. The number of nitrogens with zero attached hydrogens (tertiary/aromatic N) is 2. The number of rotatable bonds is 8. The standard InChI is InChI=1S/C22H23N3O2/c1-2-3-12-27-20-11-7-8-17(13-20)14-25-22(26)19-15-23-21(24-16-19)18-9-5-4-6-10-18/h4-11,13,15-16H,2-3,12,14H2,1H3,(H,25,26). The highest BCUT2D eigenvalue weighted by Crippen LogP contribution is 2.15. The number of unbranched alkanes of at least 4 members (excludes halogenated alkanes) is 1. The average Bonchev–Trinajstić information content (AvgIpc) is 2.73. The van der Waals surface area contributed by atoms with E-state index in [0.29, 0.717) is 24.5 Å². The van der Waals surface area contributed by atoms with Gasteiger partial charge >= 0.3 is 0 Å². The Bertz CT molecular complexity index is 864. The van der Waals surface area contributed by atoms with Crippen LogP contribution in [0.2, 0.25) is 0 Å². The van der Waals surface area contributed by atoms with E-state index in [4.69, 9.17) is 4.74 Å². The molecule has 27 heavy (non-hydrogen) atoms. The SMILES string of the molecule is CCCCOc1cccc(CNC(=O)c2cnc(-c3ccccc3)nc2)c1. The van der Waals surface area contributed by atoms with E-state index in [1.807, 2.05) is 54.6 Å². The normalized spacial score (nSPS) is 10.4. The molecule has 3 rings (SSSR count). The molecule has 2 aromatic carbocycles. The minimum absolute atomic E-state index is 0.202. The fourth-order valence-electron chi connectivity index (χ4n) is 2.55. The Morgan fingerprint density at radius 2 is 1.81 bits per heavy atom. The van der Waals surface area contributed by atoms with E-state index in [2.05, 4.69) is 22.2 Å². The number of hydrogen-bond acceptors (Lipinski definition) is 4. The van der Waals surface area contributed by atoms with E-state index < -0.39 is 0 Å². The molecule has 138 valence electrons. The molecule has 1 heterocycles. The molecule has 0 saturated carbocycles. The molecule has 5 heteroatoms. The lowest BCUT2D eigenvalue weighted by molar-refractivity contribution is 0.0950. The summed E-state index contributed by atoms with van der Waals surface area (Å²) in [5.74, 6) is 1.22. The van der Waals surface area contributed by atoms with Crippen LogP contribution < -0.4 is 10.1 Å². The number of amides is 1. The summed E-state index contributed by atoms with van der Waals surface area (Å²) in [5.41, 5.74) is 2.34. The molecule has 1 N–H and O–H groups in total. The van der Waals surface area contributed by atoms with Gasteiger partial charge in [-0.25, -0.2) is 9.97 Å². The first-order valence-corrected chi connectivity index (χ1v) is 9.13. The lowest BCUT2D eigenvalue weighted by Gasteiger charge is -2.09. The average molecular weight is 361 g/mol. The van der Waals surface area contributed by atoms with Gasteiger partial charge in [0.05, 0.1) is 12.2 Å². The first-order valence-electron chi connectivity index (χ1n) is 9.13. The maximum atomic E-state index is 12.3. The van der Waals surface area contributed by atoms with Gasteiger partial charge in [-0.15, -0.1) is 0 Å². The highest BCUT2D eigenvalue weighted by molar-refractivity contribution is 5.93. The number of benzene rings is 2. The van der Waals surface area contributed by atoms with Crippen LogP contribution in [0.15, 0.2) is 67.0 Å². The monoisotopic (exact) mass is 361 g/mol. The highest BCUT2D eigenvalue weighted by atomic mass is 16.5. The molecule has 0 radical (unpaired) electrons. The van der Waals surface area contributed by atoms with Crippen molar-refractivity contribution in [3.8, 4) is 17.1 Å². The molecule has 0 unspecified atom stereocenters. The van der Waals surface area contributed by atoms with Crippen LogP contribution in [0.25, 0.3) is 11.4 Å². The van der Waals surface area contributed by atoms with Gasteiger partial charge in [0.1, 0.15) is 5.75 Å². The maximum absolute atomic E-state index is 12.3. The third-order valence-corrected chi connectivity index (χ3v) is 4.06. The smallest absolute Gasteiger partial charge is 0.254 e. The van der Waals surface area contributed by atoms with Crippen molar-refractivity contribution >= 4 is 5.91 Å². The van der Waals surface area contributed by atoms with Crippen LogP contribution in [-0.2, 0) is 6.54 Å². The van der Waals surface area contributed by atoms with Crippen molar-refractivity contribution in [3.63, 3.8) is 0 Å². The van der Waals surface area contributed by atoms with Gasteiger partial charge in [0.2, 0.25) is 0 Å². The summed E-state index contributed by atoms with van der Waals surface area (Å²) < 4.78 is 5.70. The first-order chi connectivity index (χ1) is 13.3. The summed E-state index contributed by atoms with van der Waals surface area (Å²) in [7, 11) is 0. The molecule has 0 bridgehead atoms. The van der Waals surface area contributed by atoms with Gasteiger partial charge in [-0.05, 0) is 24.1 Å². The summed E-state index contributed by atoms with van der Waals surface area (Å²) in [6.07, 6.45) is 5.23. The summed E-state index contributed by atoms with van der Waals surface area (Å²) in [4.78, 5) is 20.9. The molecule has 5 nitrogen and oxygen atoms in total.